The largest absolute Gasteiger partial charge is 0.397 e. The van der Waals surface area contributed by atoms with Crippen molar-refractivity contribution in [2.45, 2.75) is 32.4 Å². The second-order valence-corrected chi connectivity index (χ2v) is 4.22. The van der Waals surface area contributed by atoms with Crippen LogP contribution in [0.4, 0.5) is 5.69 Å². The third-order valence-electron chi connectivity index (χ3n) is 2.63. The lowest BCUT2D eigenvalue weighted by Crippen LogP contribution is -2.33. The second-order valence-electron chi connectivity index (χ2n) is 4.22. The molecule has 16 heavy (non-hydrogen) atoms. The first-order chi connectivity index (χ1) is 7.56. The molecule has 0 spiro atoms. The summed E-state index contributed by atoms with van der Waals surface area (Å²) in [4.78, 5) is 23.1. The van der Waals surface area contributed by atoms with Crippen molar-refractivity contribution in [3.05, 3.63) is 28.2 Å². The summed E-state index contributed by atoms with van der Waals surface area (Å²) in [7, 11) is 0. The van der Waals surface area contributed by atoms with Crippen molar-refractivity contribution in [3.8, 4) is 0 Å². The van der Waals surface area contributed by atoms with Crippen LogP contribution in [0.3, 0.4) is 0 Å². The summed E-state index contributed by atoms with van der Waals surface area (Å²) in [6.07, 6.45) is 3.59. The summed E-state index contributed by atoms with van der Waals surface area (Å²) in [5.41, 5.74) is 6.76. The van der Waals surface area contributed by atoms with Crippen LogP contribution in [-0.2, 0) is 11.3 Å². The van der Waals surface area contributed by atoms with E-state index in [9.17, 15) is 9.59 Å². The summed E-state index contributed by atoms with van der Waals surface area (Å²) in [5, 5.41) is 2.82. The highest BCUT2D eigenvalue weighted by Crippen LogP contribution is 2.18. The van der Waals surface area contributed by atoms with Crippen molar-refractivity contribution >= 4 is 11.6 Å². The number of anilines is 1. The standard InChI is InChI=1S/C11H15N3O2/c1-7-4-11(16)14(5-9(7)12)6-10(15)13-8-2-3-8/h4-5,8H,2-3,6,12H2,1H3,(H,13,15). The molecule has 1 fully saturated rings. The molecule has 5 heteroatoms. The van der Waals surface area contributed by atoms with Gasteiger partial charge in [0, 0.05) is 18.3 Å². The van der Waals surface area contributed by atoms with Gasteiger partial charge >= 0.3 is 0 Å². The molecule has 0 saturated heterocycles. The fourth-order valence-corrected chi connectivity index (χ4v) is 1.46. The summed E-state index contributed by atoms with van der Waals surface area (Å²) < 4.78 is 1.33. The number of rotatable bonds is 3. The Morgan fingerprint density at radius 1 is 1.62 bits per heavy atom. The maximum atomic E-state index is 11.6. The van der Waals surface area contributed by atoms with Crippen molar-refractivity contribution in [2.75, 3.05) is 5.73 Å². The Hall–Kier alpha value is -1.78. The highest BCUT2D eigenvalue weighted by Gasteiger charge is 2.23. The molecule has 1 heterocycles. The molecule has 86 valence electrons. The smallest absolute Gasteiger partial charge is 0.251 e. The van der Waals surface area contributed by atoms with Gasteiger partial charge in [0.2, 0.25) is 5.91 Å². The molecule has 1 aliphatic carbocycles. The number of nitrogens with one attached hydrogen (secondary N) is 1. The monoisotopic (exact) mass is 221 g/mol. The van der Waals surface area contributed by atoms with Gasteiger partial charge in [-0.05, 0) is 25.3 Å². The van der Waals surface area contributed by atoms with Crippen LogP contribution in [0.25, 0.3) is 0 Å². The van der Waals surface area contributed by atoms with Crippen LogP contribution in [0.1, 0.15) is 18.4 Å². The highest BCUT2D eigenvalue weighted by molar-refractivity contribution is 5.76. The van der Waals surface area contributed by atoms with Gasteiger partial charge in [-0.2, -0.15) is 0 Å². The molecule has 0 bridgehead atoms. The highest BCUT2D eigenvalue weighted by atomic mass is 16.2. The van der Waals surface area contributed by atoms with E-state index in [1.54, 1.807) is 6.92 Å². The maximum Gasteiger partial charge on any atom is 0.251 e. The molecule has 0 aliphatic heterocycles. The Kier molecular flexibility index (Phi) is 2.68. The number of hydrogen-bond donors (Lipinski definition) is 2. The Bertz CT molecular complexity index is 475. The first kappa shape index (κ1) is 10.7. The molecule has 0 aromatic carbocycles. The minimum atomic E-state index is -0.197. The number of amides is 1. The van der Waals surface area contributed by atoms with Crippen LogP contribution in [-0.4, -0.2) is 16.5 Å². The van der Waals surface area contributed by atoms with Gasteiger partial charge in [0.1, 0.15) is 6.54 Å². The van der Waals surface area contributed by atoms with E-state index in [1.807, 2.05) is 0 Å². The van der Waals surface area contributed by atoms with Gasteiger partial charge in [-0.3, -0.25) is 9.59 Å². The fraction of sp³-hybridized carbons (Fsp3) is 0.455. The zero-order valence-electron chi connectivity index (χ0n) is 9.19. The first-order valence-electron chi connectivity index (χ1n) is 5.32. The fourth-order valence-electron chi connectivity index (χ4n) is 1.46. The van der Waals surface area contributed by atoms with E-state index < -0.39 is 0 Å². The number of hydrogen-bond acceptors (Lipinski definition) is 3. The van der Waals surface area contributed by atoms with E-state index in [4.69, 9.17) is 5.73 Å². The molecule has 5 nitrogen and oxygen atoms in total. The SMILES string of the molecule is Cc1cc(=O)n(CC(=O)NC2CC2)cc1N. The predicted molar refractivity (Wildman–Crippen MR) is 61.0 cm³/mol. The third kappa shape index (κ3) is 2.42. The van der Waals surface area contributed by atoms with Crippen molar-refractivity contribution in [1.29, 1.82) is 0 Å². The minimum absolute atomic E-state index is 0.0415. The average Bonchev–Trinajstić information content (AvgIpc) is 2.98. The van der Waals surface area contributed by atoms with Gasteiger partial charge in [-0.15, -0.1) is 0 Å². The van der Waals surface area contributed by atoms with Gasteiger partial charge in [-0.1, -0.05) is 0 Å². The van der Waals surface area contributed by atoms with E-state index in [0.717, 1.165) is 18.4 Å². The number of carbonyl (C=O) groups is 1. The molecule has 1 aliphatic rings. The lowest BCUT2D eigenvalue weighted by atomic mass is 10.2. The zero-order valence-corrected chi connectivity index (χ0v) is 9.19. The third-order valence-corrected chi connectivity index (χ3v) is 2.63. The molecular formula is C11H15N3O2. The molecule has 1 amide bonds. The van der Waals surface area contributed by atoms with E-state index in [-0.39, 0.29) is 18.0 Å². The van der Waals surface area contributed by atoms with Crippen molar-refractivity contribution < 1.29 is 4.79 Å². The van der Waals surface area contributed by atoms with E-state index in [1.165, 1.54) is 16.8 Å². The molecule has 0 radical (unpaired) electrons. The quantitative estimate of drug-likeness (QED) is 0.755. The lowest BCUT2D eigenvalue weighted by Gasteiger charge is -2.08. The lowest BCUT2D eigenvalue weighted by molar-refractivity contribution is -0.121. The summed E-state index contributed by atoms with van der Waals surface area (Å²) in [5.74, 6) is -0.132. The number of carbonyl (C=O) groups excluding carboxylic acids is 1. The van der Waals surface area contributed by atoms with Crippen LogP contribution in [0, 0.1) is 6.92 Å². The van der Waals surface area contributed by atoms with Gasteiger partial charge in [0.05, 0.1) is 5.69 Å². The second kappa shape index (κ2) is 4.00. The minimum Gasteiger partial charge on any atom is -0.397 e. The van der Waals surface area contributed by atoms with Gasteiger partial charge in [0.25, 0.3) is 5.56 Å². The Morgan fingerprint density at radius 2 is 2.31 bits per heavy atom. The van der Waals surface area contributed by atoms with Crippen molar-refractivity contribution in [1.82, 2.24) is 9.88 Å². The van der Waals surface area contributed by atoms with Gasteiger partial charge in [-0.25, -0.2) is 0 Å². The Morgan fingerprint density at radius 3 is 2.94 bits per heavy atom. The number of nitrogen functional groups attached to an aromatic ring is 1. The van der Waals surface area contributed by atoms with E-state index in [0.29, 0.717) is 11.7 Å². The molecule has 1 aromatic rings. The number of nitrogens with two attached hydrogens (primary N) is 1. The van der Waals surface area contributed by atoms with E-state index >= 15 is 0 Å². The number of aryl methyl sites for hydroxylation is 1. The molecule has 0 atom stereocenters. The first-order valence-corrected chi connectivity index (χ1v) is 5.32. The van der Waals surface area contributed by atoms with Crippen LogP contribution in [0.15, 0.2) is 17.1 Å². The normalized spacial score (nSPS) is 14.8. The summed E-state index contributed by atoms with van der Waals surface area (Å²) in [6, 6.07) is 1.76. The number of aromatic nitrogens is 1. The Balaban J connectivity index is 2.10. The summed E-state index contributed by atoms with van der Waals surface area (Å²) >= 11 is 0. The van der Waals surface area contributed by atoms with Crippen molar-refractivity contribution in [3.63, 3.8) is 0 Å². The molecular weight excluding hydrogens is 206 g/mol. The molecule has 1 saturated carbocycles. The maximum absolute atomic E-state index is 11.6. The van der Waals surface area contributed by atoms with Crippen LogP contribution < -0.4 is 16.6 Å². The van der Waals surface area contributed by atoms with Gasteiger partial charge < -0.3 is 15.6 Å². The molecule has 3 N–H and O–H groups in total. The van der Waals surface area contributed by atoms with Crippen LogP contribution >= 0.6 is 0 Å². The molecule has 1 aromatic heterocycles. The van der Waals surface area contributed by atoms with Gasteiger partial charge in [0.15, 0.2) is 0 Å². The Labute approximate surface area is 93.3 Å². The summed E-state index contributed by atoms with van der Waals surface area (Å²) in [6.45, 7) is 1.81. The predicted octanol–water partition coefficient (Wildman–Crippen LogP) is 0.0175. The molecule has 0 unspecified atom stereocenters. The van der Waals surface area contributed by atoms with E-state index in [2.05, 4.69) is 5.32 Å². The molecule has 2 rings (SSSR count). The van der Waals surface area contributed by atoms with Crippen LogP contribution in [0.2, 0.25) is 0 Å². The topological polar surface area (TPSA) is 77.1 Å². The van der Waals surface area contributed by atoms with Crippen molar-refractivity contribution in [2.24, 2.45) is 0 Å². The zero-order chi connectivity index (χ0) is 11.7. The van der Waals surface area contributed by atoms with Crippen LogP contribution in [0.5, 0.6) is 0 Å². The average molecular weight is 221 g/mol. The number of pyridine rings is 1. The number of nitrogens with zero attached hydrogens (tertiary/aromatic N) is 1.